The van der Waals surface area contributed by atoms with Crippen LogP contribution in [0.4, 0.5) is 11.5 Å². The fourth-order valence-corrected chi connectivity index (χ4v) is 7.63. The molecule has 0 bridgehead atoms. The number of aromatic nitrogens is 2. The molecule has 2 saturated heterocycles. The van der Waals surface area contributed by atoms with Crippen LogP contribution in [0.3, 0.4) is 0 Å². The molecule has 1 unspecified atom stereocenters. The van der Waals surface area contributed by atoms with E-state index in [1.165, 1.54) is 19.5 Å². The highest BCUT2D eigenvalue weighted by atomic mass is 16.5. The molecule has 0 spiro atoms. The maximum atomic E-state index is 13.5. The summed E-state index contributed by atoms with van der Waals surface area (Å²) >= 11 is 0. The summed E-state index contributed by atoms with van der Waals surface area (Å²) in [6.07, 6.45) is 3.19. The van der Waals surface area contributed by atoms with E-state index in [-0.39, 0.29) is 41.5 Å². The number of benzene rings is 2. The Labute approximate surface area is 300 Å². The molecule has 0 aliphatic carbocycles. The van der Waals surface area contributed by atoms with Crippen molar-refractivity contribution in [2.75, 3.05) is 44.1 Å². The van der Waals surface area contributed by atoms with Gasteiger partial charge in [0, 0.05) is 110 Å². The molecule has 13 heteroatoms. The van der Waals surface area contributed by atoms with E-state index in [4.69, 9.17) is 8.85 Å². The molecule has 4 aromatic rings. The van der Waals surface area contributed by atoms with Gasteiger partial charge in [-0.15, -0.1) is 0 Å². The molecule has 0 radical (unpaired) electrons. The zero-order valence-electron chi connectivity index (χ0n) is 32.3. The number of anilines is 2. The van der Waals surface area contributed by atoms with Crippen molar-refractivity contribution in [1.29, 1.82) is 0 Å². The smallest absolute Gasteiger partial charge is 0.259 e. The Balaban J connectivity index is 1.14. The molecule has 51 heavy (non-hydrogen) atoms. The number of imide groups is 1. The zero-order chi connectivity index (χ0) is 38.8. The molecule has 13 nitrogen and oxygen atoms in total. The average Bonchev–Trinajstić information content (AvgIpc) is 3.44. The van der Waals surface area contributed by atoms with Crippen molar-refractivity contribution in [2.45, 2.75) is 57.9 Å². The van der Waals surface area contributed by atoms with E-state index in [2.05, 4.69) is 33.9 Å². The SMILES string of the molecule is [2H]C([2H])([2H])n1cc(-c2cc(O)c(CN3[C@H](C)CN(c4ccc5c(c4)C(=O)N(C4CCC(=O)NC4=O)C5)C[C@H]3C)c(OC)c2)c2cc(N(C)C)ncc2c1=O. The molecule has 2 fully saturated rings. The molecule has 2 aromatic heterocycles. The molecular weight excluding hydrogens is 650 g/mol. The summed E-state index contributed by atoms with van der Waals surface area (Å²) in [6, 6.07) is 10.2. The van der Waals surface area contributed by atoms with Crippen LogP contribution >= 0.6 is 0 Å². The van der Waals surface area contributed by atoms with Crippen LogP contribution in [0.1, 0.15) is 52.3 Å². The van der Waals surface area contributed by atoms with Crippen molar-refractivity contribution in [2.24, 2.45) is 6.98 Å². The van der Waals surface area contributed by atoms with Gasteiger partial charge in [-0.25, -0.2) is 4.98 Å². The molecular formula is C38H43N7O6. The first-order valence-corrected chi connectivity index (χ1v) is 17.0. The molecule has 5 heterocycles. The molecule has 2 aromatic carbocycles. The summed E-state index contributed by atoms with van der Waals surface area (Å²) in [6.45, 7) is 3.42. The fourth-order valence-electron chi connectivity index (χ4n) is 7.63. The van der Waals surface area contributed by atoms with Crippen molar-refractivity contribution in [3.8, 4) is 22.6 Å². The number of hydrogen-bond donors (Lipinski definition) is 2. The summed E-state index contributed by atoms with van der Waals surface area (Å²) in [5.41, 5.74) is 3.07. The highest BCUT2D eigenvalue weighted by molar-refractivity contribution is 6.05. The lowest BCUT2D eigenvalue weighted by atomic mass is 9.97. The summed E-state index contributed by atoms with van der Waals surface area (Å²) in [4.78, 5) is 63.1. The van der Waals surface area contributed by atoms with Crippen molar-refractivity contribution in [3.63, 3.8) is 0 Å². The number of amides is 3. The molecule has 2 N–H and O–H groups in total. The standard InChI is InChI=1S/C38H43N7O6/c1-21-16-43(25-8-7-23-18-45(38(50)26(23)13-25)31-9-10-35(47)40-36(31)48)17-22(2)44(21)20-30-32(46)11-24(12-33(30)51-6)29-19-42(5)37(49)28-15-39-34(41(3)4)14-27(28)29/h7-8,11-15,19,21-22,31,46H,9-10,16-18,20H2,1-6H3,(H,40,47,48)/t21-,22-,31?/m1/s1/i5D3. The lowest BCUT2D eigenvalue weighted by Crippen LogP contribution is -2.56. The number of piperidine rings is 1. The number of aryl methyl sites for hydroxylation is 1. The number of carbonyl (C=O) groups excluding carboxylic acids is 3. The molecule has 3 aliphatic rings. The Morgan fingerprint density at radius 2 is 1.80 bits per heavy atom. The second-order valence-corrected chi connectivity index (χ2v) is 13.9. The number of fused-ring (bicyclic) bond motifs is 2. The first-order valence-electron chi connectivity index (χ1n) is 18.5. The van der Waals surface area contributed by atoms with Gasteiger partial charge in [0.2, 0.25) is 11.8 Å². The molecule has 3 aliphatic heterocycles. The minimum Gasteiger partial charge on any atom is -0.507 e. The Hall–Kier alpha value is -5.43. The van der Waals surface area contributed by atoms with Crippen LogP contribution in [-0.2, 0) is 29.7 Å². The van der Waals surface area contributed by atoms with Crippen molar-refractivity contribution >= 4 is 40.0 Å². The van der Waals surface area contributed by atoms with Crippen molar-refractivity contribution in [3.05, 3.63) is 75.8 Å². The number of hydrogen-bond acceptors (Lipinski definition) is 10. The Morgan fingerprint density at radius 3 is 2.49 bits per heavy atom. The number of aromatic hydroxyl groups is 1. The van der Waals surface area contributed by atoms with Crippen molar-refractivity contribution in [1.82, 2.24) is 24.7 Å². The summed E-state index contributed by atoms with van der Waals surface area (Å²) < 4.78 is 30.6. The fraction of sp³-hybridized carbons (Fsp3) is 0.395. The predicted octanol–water partition coefficient (Wildman–Crippen LogP) is 3.24. The predicted molar refractivity (Wildman–Crippen MR) is 194 cm³/mol. The third-order valence-corrected chi connectivity index (χ3v) is 10.4. The number of rotatable bonds is 7. The number of pyridine rings is 2. The largest absolute Gasteiger partial charge is 0.507 e. The van der Waals surface area contributed by atoms with E-state index in [9.17, 15) is 24.3 Å². The first-order chi connectivity index (χ1) is 25.5. The van der Waals surface area contributed by atoms with E-state index in [1.54, 1.807) is 28.0 Å². The summed E-state index contributed by atoms with van der Waals surface area (Å²) in [7, 11) is 5.14. The minimum absolute atomic E-state index is 0.0187. The van der Waals surface area contributed by atoms with Gasteiger partial charge in [0.25, 0.3) is 11.5 Å². The molecule has 0 saturated carbocycles. The molecule has 7 rings (SSSR count). The van der Waals surface area contributed by atoms with Crippen LogP contribution in [0.5, 0.6) is 11.5 Å². The maximum Gasteiger partial charge on any atom is 0.259 e. The highest BCUT2D eigenvalue weighted by Crippen LogP contribution is 2.39. The lowest BCUT2D eigenvalue weighted by molar-refractivity contribution is -0.136. The van der Waals surface area contributed by atoms with E-state index in [0.29, 0.717) is 76.4 Å². The Kier molecular flexibility index (Phi) is 7.77. The summed E-state index contributed by atoms with van der Waals surface area (Å²) in [5.74, 6) is -0.0269. The van der Waals surface area contributed by atoms with Crippen LogP contribution in [-0.4, -0.2) is 94.6 Å². The number of ether oxygens (including phenoxy) is 1. The lowest BCUT2D eigenvalue weighted by Gasteiger charge is -2.45. The van der Waals surface area contributed by atoms with Gasteiger partial charge in [0.05, 0.1) is 12.5 Å². The molecule has 3 atom stereocenters. The minimum atomic E-state index is -2.74. The first kappa shape index (κ1) is 30.4. The average molecular weight is 697 g/mol. The van der Waals surface area contributed by atoms with Crippen LogP contribution in [0.25, 0.3) is 21.9 Å². The Bertz CT molecular complexity index is 2250. The number of carbonyl (C=O) groups is 3. The van der Waals surface area contributed by atoms with Crippen LogP contribution in [0.2, 0.25) is 0 Å². The molecule has 3 amide bonds. The van der Waals surface area contributed by atoms with Gasteiger partial charge in [-0.3, -0.25) is 29.4 Å². The summed E-state index contributed by atoms with van der Waals surface area (Å²) in [5, 5.41) is 14.5. The second kappa shape index (κ2) is 13.0. The molecule has 266 valence electrons. The van der Waals surface area contributed by atoms with Crippen molar-refractivity contribution < 1.29 is 28.3 Å². The van der Waals surface area contributed by atoms with Gasteiger partial charge in [-0.05, 0) is 61.7 Å². The highest BCUT2D eigenvalue weighted by Gasteiger charge is 2.40. The number of nitrogens with zero attached hydrogens (tertiary/aromatic N) is 6. The van der Waals surface area contributed by atoms with Gasteiger partial charge in [0.1, 0.15) is 23.4 Å². The van der Waals surface area contributed by atoms with Gasteiger partial charge in [-0.1, -0.05) is 6.07 Å². The van der Waals surface area contributed by atoms with Gasteiger partial charge >= 0.3 is 0 Å². The van der Waals surface area contributed by atoms with Crippen LogP contribution < -0.4 is 25.4 Å². The van der Waals surface area contributed by atoms with Gasteiger partial charge < -0.3 is 29.1 Å². The normalized spacial score (nSPS) is 22.0. The number of nitrogens with one attached hydrogen (secondary N) is 1. The Morgan fingerprint density at radius 1 is 1.04 bits per heavy atom. The second-order valence-electron chi connectivity index (χ2n) is 13.9. The van der Waals surface area contributed by atoms with Crippen LogP contribution in [0, 0.1) is 0 Å². The number of phenolic OH excluding ortho intramolecular Hbond substituents is 1. The maximum absolute atomic E-state index is 13.5. The van der Waals surface area contributed by atoms with Crippen LogP contribution in [0.15, 0.2) is 53.6 Å². The monoisotopic (exact) mass is 696 g/mol. The third-order valence-electron chi connectivity index (χ3n) is 10.4. The quantitative estimate of drug-likeness (QED) is 0.277. The van der Waals surface area contributed by atoms with E-state index >= 15 is 0 Å². The number of phenols is 1. The topological polar surface area (TPSA) is 141 Å². The third kappa shape index (κ3) is 6.05. The van der Waals surface area contributed by atoms with Gasteiger partial charge in [0.15, 0.2) is 0 Å². The van der Waals surface area contributed by atoms with E-state index in [1.807, 2.05) is 32.3 Å². The van der Waals surface area contributed by atoms with E-state index in [0.717, 1.165) is 11.3 Å². The number of methoxy groups -OCH3 is 1. The van der Waals surface area contributed by atoms with Gasteiger partial charge in [-0.2, -0.15) is 0 Å². The van der Waals surface area contributed by atoms with E-state index < -0.39 is 24.5 Å². The zero-order valence-corrected chi connectivity index (χ0v) is 29.3. The number of piperazine rings is 1.